The van der Waals surface area contributed by atoms with Crippen LogP contribution in [0.1, 0.15) is 27.2 Å². The smallest absolute Gasteiger partial charge is 0.354 e. The van der Waals surface area contributed by atoms with Crippen molar-refractivity contribution in [2.24, 2.45) is 0 Å². The van der Waals surface area contributed by atoms with Crippen molar-refractivity contribution < 1.29 is 22.7 Å². The molecule has 174 valence electrons. The Morgan fingerprint density at radius 2 is 1.57 bits per heavy atom. The maximum Gasteiger partial charge on any atom is 0.354 e. The van der Waals surface area contributed by atoms with Gasteiger partial charge in [-0.2, -0.15) is 0 Å². The van der Waals surface area contributed by atoms with Crippen molar-refractivity contribution in [3.8, 4) is 23.0 Å². The molecule has 0 aliphatic heterocycles. The lowest BCUT2D eigenvalue weighted by Crippen LogP contribution is -2.14. The fraction of sp³-hybridized carbons (Fsp3) is 0.0370. The Balaban J connectivity index is 1.62. The third-order valence-corrected chi connectivity index (χ3v) is 6.54. The van der Waals surface area contributed by atoms with E-state index in [2.05, 4.69) is 21.5 Å². The summed E-state index contributed by atoms with van der Waals surface area (Å²) in [6, 6.07) is 20.9. The fourth-order valence-electron chi connectivity index (χ4n) is 3.31. The Labute approximate surface area is 202 Å². The van der Waals surface area contributed by atoms with E-state index >= 15 is 0 Å². The number of hydrogen-bond donors (Lipinski definition) is 2. The van der Waals surface area contributed by atoms with Gasteiger partial charge in [0.15, 0.2) is 0 Å². The first-order valence-corrected chi connectivity index (χ1v) is 11.9. The number of rotatable bonds is 5. The molecule has 6 nitrogen and oxygen atoms in total. The number of nitrogens with zero attached hydrogens (tertiary/aromatic N) is 1. The van der Waals surface area contributed by atoms with Crippen LogP contribution in [-0.2, 0) is 10.0 Å². The van der Waals surface area contributed by atoms with Gasteiger partial charge in [0.2, 0.25) is 0 Å². The minimum atomic E-state index is -3.97. The standard InChI is InChI=1S/C27H19FN2O4S/c1-18-15-26(27(31)32)29-17-22(18)8-7-21-16-23(28)11-14-25(21)30-35(33,34)24-12-9-20(10-13-24)19-5-3-2-4-6-19/h2-6,9-17,30H,1H3,(H,31,32). The predicted octanol–water partition coefficient (Wildman–Crippen LogP) is 5.09. The SMILES string of the molecule is Cc1cc(C(=O)O)ncc1C#Cc1cc(F)ccc1NS(=O)(=O)c1ccc(-c2ccccc2)cc1. The Morgan fingerprint density at radius 1 is 0.914 bits per heavy atom. The molecule has 3 aromatic carbocycles. The van der Waals surface area contributed by atoms with E-state index in [1.54, 1.807) is 19.1 Å². The first-order valence-electron chi connectivity index (χ1n) is 10.4. The van der Waals surface area contributed by atoms with Gasteiger partial charge in [0.1, 0.15) is 11.5 Å². The van der Waals surface area contributed by atoms with Crippen LogP contribution in [0.15, 0.2) is 90.0 Å². The summed E-state index contributed by atoms with van der Waals surface area (Å²) in [7, 11) is -3.97. The number of pyridine rings is 1. The first-order chi connectivity index (χ1) is 16.7. The fourth-order valence-corrected chi connectivity index (χ4v) is 4.39. The van der Waals surface area contributed by atoms with Crippen LogP contribution in [0, 0.1) is 24.6 Å². The largest absolute Gasteiger partial charge is 0.477 e. The molecule has 0 amide bonds. The van der Waals surface area contributed by atoms with Crippen LogP contribution in [0.4, 0.5) is 10.1 Å². The van der Waals surface area contributed by atoms with Crippen LogP contribution in [0.25, 0.3) is 11.1 Å². The highest BCUT2D eigenvalue weighted by Crippen LogP contribution is 2.24. The minimum Gasteiger partial charge on any atom is -0.477 e. The lowest BCUT2D eigenvalue weighted by atomic mass is 10.1. The number of benzene rings is 3. The number of nitrogens with one attached hydrogen (secondary N) is 1. The van der Waals surface area contributed by atoms with Gasteiger partial charge < -0.3 is 5.11 Å². The van der Waals surface area contributed by atoms with E-state index in [1.807, 2.05) is 30.3 Å². The molecule has 1 aromatic heterocycles. The third kappa shape index (κ3) is 5.54. The summed E-state index contributed by atoms with van der Waals surface area (Å²) in [6.07, 6.45) is 1.31. The van der Waals surface area contributed by atoms with Crippen LogP contribution < -0.4 is 4.72 Å². The van der Waals surface area contributed by atoms with E-state index in [1.165, 1.54) is 30.5 Å². The Kier molecular flexibility index (Phi) is 6.62. The van der Waals surface area contributed by atoms with Gasteiger partial charge in [-0.05, 0) is 60.0 Å². The number of aromatic nitrogens is 1. The lowest BCUT2D eigenvalue weighted by molar-refractivity contribution is 0.0690. The van der Waals surface area contributed by atoms with E-state index in [-0.39, 0.29) is 21.8 Å². The van der Waals surface area contributed by atoms with E-state index in [9.17, 15) is 17.6 Å². The van der Waals surface area contributed by atoms with Gasteiger partial charge in [0, 0.05) is 11.8 Å². The monoisotopic (exact) mass is 486 g/mol. The highest BCUT2D eigenvalue weighted by Gasteiger charge is 2.16. The summed E-state index contributed by atoms with van der Waals surface area (Å²) in [4.78, 5) is 14.9. The van der Waals surface area contributed by atoms with Gasteiger partial charge in [-0.1, -0.05) is 54.3 Å². The predicted molar refractivity (Wildman–Crippen MR) is 131 cm³/mol. The maximum absolute atomic E-state index is 13.9. The molecule has 0 atom stereocenters. The van der Waals surface area contributed by atoms with Crippen LogP contribution in [0.3, 0.4) is 0 Å². The Morgan fingerprint density at radius 3 is 2.23 bits per heavy atom. The molecular weight excluding hydrogens is 467 g/mol. The molecule has 0 spiro atoms. The molecule has 0 unspecified atom stereocenters. The molecule has 8 heteroatoms. The lowest BCUT2D eigenvalue weighted by Gasteiger charge is -2.11. The summed E-state index contributed by atoms with van der Waals surface area (Å²) in [5.74, 6) is 3.82. The molecule has 0 saturated heterocycles. The van der Waals surface area contributed by atoms with Gasteiger partial charge in [-0.25, -0.2) is 22.6 Å². The average Bonchev–Trinajstić information content (AvgIpc) is 2.85. The number of hydrogen-bond acceptors (Lipinski definition) is 4. The van der Waals surface area contributed by atoms with Crippen LogP contribution in [-0.4, -0.2) is 24.5 Å². The van der Waals surface area contributed by atoms with Crippen molar-refractivity contribution >= 4 is 21.7 Å². The minimum absolute atomic E-state index is 0.0460. The summed E-state index contributed by atoms with van der Waals surface area (Å²) in [5, 5.41) is 9.04. The number of aromatic carboxylic acids is 1. The average molecular weight is 487 g/mol. The molecule has 0 aliphatic carbocycles. The number of carbonyl (C=O) groups is 1. The number of halogens is 1. The summed E-state index contributed by atoms with van der Waals surface area (Å²) >= 11 is 0. The highest BCUT2D eigenvalue weighted by molar-refractivity contribution is 7.92. The second kappa shape index (κ2) is 9.79. The van der Waals surface area contributed by atoms with Crippen LogP contribution in [0.5, 0.6) is 0 Å². The van der Waals surface area contributed by atoms with Crippen molar-refractivity contribution in [1.82, 2.24) is 4.98 Å². The van der Waals surface area contributed by atoms with Gasteiger partial charge in [-0.3, -0.25) is 4.72 Å². The zero-order chi connectivity index (χ0) is 25.0. The number of anilines is 1. The van der Waals surface area contributed by atoms with Crippen molar-refractivity contribution in [3.63, 3.8) is 0 Å². The number of aryl methyl sites for hydroxylation is 1. The quantitative estimate of drug-likeness (QED) is 0.383. The van der Waals surface area contributed by atoms with Crippen LogP contribution in [0.2, 0.25) is 0 Å². The first kappa shape index (κ1) is 23.7. The molecule has 35 heavy (non-hydrogen) atoms. The van der Waals surface area contributed by atoms with E-state index < -0.39 is 21.8 Å². The molecule has 4 aromatic rings. The van der Waals surface area contributed by atoms with Crippen molar-refractivity contribution in [2.45, 2.75) is 11.8 Å². The third-order valence-electron chi connectivity index (χ3n) is 5.16. The summed E-state index contributed by atoms with van der Waals surface area (Å²) in [5.41, 5.74) is 2.95. The molecule has 0 fully saturated rings. The van der Waals surface area contributed by atoms with E-state index in [4.69, 9.17) is 5.11 Å². The number of carboxylic acids is 1. The number of sulfonamides is 1. The summed E-state index contributed by atoms with van der Waals surface area (Å²) < 4.78 is 42.4. The van der Waals surface area contributed by atoms with E-state index in [0.29, 0.717) is 11.1 Å². The maximum atomic E-state index is 13.9. The van der Waals surface area contributed by atoms with Crippen molar-refractivity contribution in [1.29, 1.82) is 0 Å². The topological polar surface area (TPSA) is 96.4 Å². The molecule has 0 saturated carbocycles. The normalized spacial score (nSPS) is 10.8. The molecule has 1 heterocycles. The molecule has 4 rings (SSSR count). The molecule has 0 bridgehead atoms. The summed E-state index contributed by atoms with van der Waals surface area (Å²) in [6.45, 7) is 1.67. The zero-order valence-corrected chi connectivity index (χ0v) is 19.3. The zero-order valence-electron chi connectivity index (χ0n) is 18.5. The van der Waals surface area contributed by atoms with Gasteiger partial charge in [0.05, 0.1) is 16.1 Å². The molecule has 0 aliphatic rings. The van der Waals surface area contributed by atoms with Crippen molar-refractivity contribution in [3.05, 3.63) is 113 Å². The molecule has 2 N–H and O–H groups in total. The van der Waals surface area contributed by atoms with Crippen LogP contribution >= 0.6 is 0 Å². The van der Waals surface area contributed by atoms with Gasteiger partial charge >= 0.3 is 5.97 Å². The van der Waals surface area contributed by atoms with E-state index in [0.717, 1.165) is 23.3 Å². The Hall–Kier alpha value is -4.48. The van der Waals surface area contributed by atoms with Gasteiger partial charge in [-0.15, -0.1) is 0 Å². The highest BCUT2D eigenvalue weighted by atomic mass is 32.2. The second-order valence-electron chi connectivity index (χ2n) is 7.63. The Bertz CT molecular complexity index is 1570. The molecule has 0 radical (unpaired) electrons. The molecular formula is C27H19FN2O4S. The number of carboxylic acid groups (broad SMARTS) is 1. The second-order valence-corrected chi connectivity index (χ2v) is 9.31. The van der Waals surface area contributed by atoms with Gasteiger partial charge in [0.25, 0.3) is 10.0 Å². The van der Waals surface area contributed by atoms with Crippen molar-refractivity contribution in [2.75, 3.05) is 4.72 Å².